The summed E-state index contributed by atoms with van der Waals surface area (Å²) in [5, 5.41) is 3.50. The number of hydrogen-bond donors (Lipinski definition) is 1. The lowest BCUT2D eigenvalue weighted by Crippen LogP contribution is -2.37. The molecule has 13 heavy (non-hydrogen) atoms. The number of ether oxygens (including phenoxy) is 1. The molecule has 0 aromatic rings. The summed E-state index contributed by atoms with van der Waals surface area (Å²) in [6.45, 7) is 11.0. The van der Waals surface area contributed by atoms with E-state index < -0.39 is 0 Å². The number of rotatable bonds is 4. The van der Waals surface area contributed by atoms with Crippen molar-refractivity contribution in [3.8, 4) is 0 Å². The molecule has 0 amide bonds. The Labute approximate surface area is 81.4 Å². The molecule has 0 spiro atoms. The predicted octanol–water partition coefficient (Wildman–Crippen LogP) is 1.97. The lowest BCUT2D eigenvalue weighted by Gasteiger charge is -2.28. The highest BCUT2D eigenvalue weighted by Crippen LogP contribution is 2.18. The van der Waals surface area contributed by atoms with Crippen LogP contribution in [0.3, 0.4) is 0 Å². The first-order valence-corrected chi connectivity index (χ1v) is 5.15. The SMILES string of the molecule is C=C(C)CNC(C)C1CCOCC1. The molecule has 0 aliphatic carbocycles. The van der Waals surface area contributed by atoms with Crippen LogP contribution < -0.4 is 5.32 Å². The van der Waals surface area contributed by atoms with Gasteiger partial charge in [0.1, 0.15) is 0 Å². The third-order valence-electron chi connectivity index (χ3n) is 2.70. The first-order valence-electron chi connectivity index (χ1n) is 5.15. The zero-order valence-electron chi connectivity index (χ0n) is 8.81. The first kappa shape index (κ1) is 10.7. The minimum Gasteiger partial charge on any atom is -0.381 e. The Hall–Kier alpha value is -0.340. The van der Waals surface area contributed by atoms with Crippen LogP contribution in [-0.4, -0.2) is 25.8 Å². The highest BCUT2D eigenvalue weighted by molar-refractivity contribution is 4.92. The Bertz CT molecular complexity index is 161. The van der Waals surface area contributed by atoms with E-state index in [1.807, 2.05) is 0 Å². The van der Waals surface area contributed by atoms with Crippen molar-refractivity contribution in [1.29, 1.82) is 0 Å². The summed E-state index contributed by atoms with van der Waals surface area (Å²) in [6, 6.07) is 0.598. The lowest BCUT2D eigenvalue weighted by atomic mass is 9.93. The maximum Gasteiger partial charge on any atom is 0.0469 e. The van der Waals surface area contributed by atoms with E-state index >= 15 is 0 Å². The molecule has 1 aliphatic heterocycles. The minimum absolute atomic E-state index is 0.598. The summed E-state index contributed by atoms with van der Waals surface area (Å²) >= 11 is 0. The molecule has 1 atom stereocenters. The van der Waals surface area contributed by atoms with Crippen molar-refractivity contribution in [2.45, 2.75) is 32.7 Å². The van der Waals surface area contributed by atoms with Crippen LogP contribution in [0.2, 0.25) is 0 Å². The Morgan fingerprint density at radius 3 is 2.69 bits per heavy atom. The van der Waals surface area contributed by atoms with Gasteiger partial charge in [-0.15, -0.1) is 0 Å². The van der Waals surface area contributed by atoms with Crippen LogP contribution in [0.15, 0.2) is 12.2 Å². The molecule has 2 nitrogen and oxygen atoms in total. The molecule has 1 heterocycles. The Morgan fingerprint density at radius 2 is 2.15 bits per heavy atom. The van der Waals surface area contributed by atoms with E-state index in [-0.39, 0.29) is 0 Å². The van der Waals surface area contributed by atoms with Crippen molar-refractivity contribution < 1.29 is 4.74 Å². The fraction of sp³-hybridized carbons (Fsp3) is 0.818. The minimum atomic E-state index is 0.598. The van der Waals surface area contributed by atoms with Crippen LogP contribution in [0.1, 0.15) is 26.7 Å². The van der Waals surface area contributed by atoms with Crippen molar-refractivity contribution in [3.05, 3.63) is 12.2 Å². The number of hydrogen-bond acceptors (Lipinski definition) is 2. The third-order valence-corrected chi connectivity index (χ3v) is 2.70. The monoisotopic (exact) mass is 183 g/mol. The van der Waals surface area contributed by atoms with Crippen molar-refractivity contribution >= 4 is 0 Å². The van der Waals surface area contributed by atoms with Gasteiger partial charge < -0.3 is 10.1 Å². The van der Waals surface area contributed by atoms with Gasteiger partial charge in [-0.25, -0.2) is 0 Å². The first-order chi connectivity index (χ1) is 6.20. The smallest absolute Gasteiger partial charge is 0.0469 e. The van der Waals surface area contributed by atoms with Crippen molar-refractivity contribution in [3.63, 3.8) is 0 Å². The molecular formula is C11H21NO. The lowest BCUT2D eigenvalue weighted by molar-refractivity contribution is 0.0564. The van der Waals surface area contributed by atoms with Gasteiger partial charge in [0.05, 0.1) is 0 Å². The van der Waals surface area contributed by atoms with Crippen molar-refractivity contribution in [2.75, 3.05) is 19.8 Å². The van der Waals surface area contributed by atoms with Crippen LogP contribution in [0, 0.1) is 5.92 Å². The maximum atomic E-state index is 5.33. The highest BCUT2D eigenvalue weighted by atomic mass is 16.5. The van der Waals surface area contributed by atoms with E-state index in [1.54, 1.807) is 0 Å². The fourth-order valence-electron chi connectivity index (χ4n) is 1.72. The van der Waals surface area contributed by atoms with Gasteiger partial charge in [-0.1, -0.05) is 12.2 Å². The molecule has 1 N–H and O–H groups in total. The Balaban J connectivity index is 2.20. The van der Waals surface area contributed by atoms with E-state index in [4.69, 9.17) is 4.74 Å². The summed E-state index contributed by atoms with van der Waals surface area (Å²) in [7, 11) is 0. The molecule has 1 fully saturated rings. The van der Waals surface area contributed by atoms with Crippen LogP contribution in [-0.2, 0) is 4.74 Å². The van der Waals surface area contributed by atoms with Gasteiger partial charge in [-0.05, 0) is 32.6 Å². The van der Waals surface area contributed by atoms with Crippen LogP contribution >= 0.6 is 0 Å². The molecule has 0 aromatic carbocycles. The summed E-state index contributed by atoms with van der Waals surface area (Å²) < 4.78 is 5.33. The second-order valence-electron chi connectivity index (χ2n) is 4.08. The van der Waals surface area contributed by atoms with Crippen molar-refractivity contribution in [2.24, 2.45) is 5.92 Å². The molecule has 0 bridgehead atoms. The van der Waals surface area contributed by atoms with Gasteiger partial charge in [0.2, 0.25) is 0 Å². The molecular weight excluding hydrogens is 162 g/mol. The third kappa shape index (κ3) is 3.92. The molecule has 1 saturated heterocycles. The molecule has 0 radical (unpaired) electrons. The van der Waals surface area contributed by atoms with E-state index in [0.29, 0.717) is 6.04 Å². The van der Waals surface area contributed by atoms with Crippen LogP contribution in [0.5, 0.6) is 0 Å². The normalized spacial score (nSPS) is 21.4. The fourth-order valence-corrected chi connectivity index (χ4v) is 1.72. The van der Waals surface area contributed by atoms with E-state index in [2.05, 4.69) is 25.7 Å². The number of nitrogens with one attached hydrogen (secondary N) is 1. The predicted molar refractivity (Wildman–Crippen MR) is 55.8 cm³/mol. The zero-order chi connectivity index (χ0) is 9.68. The van der Waals surface area contributed by atoms with E-state index in [0.717, 1.165) is 25.7 Å². The molecule has 0 aromatic heterocycles. The van der Waals surface area contributed by atoms with Gasteiger partial charge in [0.15, 0.2) is 0 Å². The average molecular weight is 183 g/mol. The summed E-state index contributed by atoms with van der Waals surface area (Å²) in [5.41, 5.74) is 1.21. The topological polar surface area (TPSA) is 21.3 Å². The Morgan fingerprint density at radius 1 is 1.54 bits per heavy atom. The van der Waals surface area contributed by atoms with E-state index in [9.17, 15) is 0 Å². The van der Waals surface area contributed by atoms with Gasteiger partial charge in [0, 0.05) is 25.8 Å². The van der Waals surface area contributed by atoms with Crippen LogP contribution in [0.4, 0.5) is 0 Å². The van der Waals surface area contributed by atoms with Gasteiger partial charge in [0.25, 0.3) is 0 Å². The highest BCUT2D eigenvalue weighted by Gasteiger charge is 2.19. The molecule has 76 valence electrons. The van der Waals surface area contributed by atoms with Gasteiger partial charge in [-0.3, -0.25) is 0 Å². The summed E-state index contributed by atoms with van der Waals surface area (Å²) in [5.74, 6) is 0.785. The molecule has 2 heteroatoms. The quantitative estimate of drug-likeness (QED) is 0.673. The molecule has 1 unspecified atom stereocenters. The van der Waals surface area contributed by atoms with Gasteiger partial charge in [-0.2, -0.15) is 0 Å². The maximum absolute atomic E-state index is 5.33. The largest absolute Gasteiger partial charge is 0.381 e. The molecule has 1 aliphatic rings. The average Bonchev–Trinajstić information content (AvgIpc) is 2.15. The van der Waals surface area contributed by atoms with Crippen molar-refractivity contribution in [1.82, 2.24) is 5.32 Å². The van der Waals surface area contributed by atoms with E-state index in [1.165, 1.54) is 18.4 Å². The molecule has 0 saturated carbocycles. The summed E-state index contributed by atoms with van der Waals surface area (Å²) in [6.07, 6.45) is 2.40. The second-order valence-corrected chi connectivity index (χ2v) is 4.08. The summed E-state index contributed by atoms with van der Waals surface area (Å²) in [4.78, 5) is 0. The standard InChI is InChI=1S/C11H21NO/c1-9(2)8-12-10(3)11-4-6-13-7-5-11/h10-12H,1,4-8H2,2-3H3. The van der Waals surface area contributed by atoms with Crippen LogP contribution in [0.25, 0.3) is 0 Å². The zero-order valence-corrected chi connectivity index (χ0v) is 8.81. The second kappa shape index (κ2) is 5.40. The Kier molecular flexibility index (Phi) is 4.46. The van der Waals surface area contributed by atoms with Gasteiger partial charge >= 0.3 is 0 Å². The molecule has 1 rings (SSSR count).